The molecule has 1 aromatic carbocycles. The number of hydrogen-bond acceptors (Lipinski definition) is 2. The number of phenols is 1. The normalized spacial score (nSPS) is 33.4. The highest BCUT2D eigenvalue weighted by Gasteiger charge is 2.54. The van der Waals surface area contributed by atoms with Crippen LogP contribution in [0.3, 0.4) is 0 Å². The SMILES string of the molecule is CC1CC2C(=O)C=C(c3ccc(O)cc3)C2(CBr)C1. The van der Waals surface area contributed by atoms with Gasteiger partial charge in [-0.3, -0.25) is 4.79 Å². The van der Waals surface area contributed by atoms with Gasteiger partial charge in [-0.15, -0.1) is 0 Å². The predicted octanol–water partition coefficient (Wildman–Crippen LogP) is 3.79. The van der Waals surface area contributed by atoms with E-state index in [9.17, 15) is 9.90 Å². The molecular formula is C16H17BrO2. The molecule has 3 unspecified atom stereocenters. The highest BCUT2D eigenvalue weighted by molar-refractivity contribution is 9.09. The zero-order chi connectivity index (χ0) is 13.6. The maximum absolute atomic E-state index is 12.3. The Morgan fingerprint density at radius 2 is 2.05 bits per heavy atom. The lowest BCUT2D eigenvalue weighted by atomic mass is 9.75. The summed E-state index contributed by atoms with van der Waals surface area (Å²) in [7, 11) is 0. The summed E-state index contributed by atoms with van der Waals surface area (Å²) >= 11 is 3.64. The molecule has 0 aromatic heterocycles. The lowest BCUT2D eigenvalue weighted by Gasteiger charge is -2.30. The summed E-state index contributed by atoms with van der Waals surface area (Å²) in [5.74, 6) is 1.25. The first-order valence-electron chi connectivity index (χ1n) is 6.68. The van der Waals surface area contributed by atoms with E-state index in [0.29, 0.717) is 5.92 Å². The molecule has 1 fully saturated rings. The summed E-state index contributed by atoms with van der Waals surface area (Å²) in [6.45, 7) is 2.23. The molecule has 0 spiro atoms. The van der Waals surface area contributed by atoms with Gasteiger partial charge < -0.3 is 5.11 Å². The molecule has 0 saturated heterocycles. The molecule has 0 heterocycles. The fraction of sp³-hybridized carbons (Fsp3) is 0.438. The molecule has 0 radical (unpaired) electrons. The smallest absolute Gasteiger partial charge is 0.160 e. The molecule has 3 heteroatoms. The lowest BCUT2D eigenvalue weighted by Crippen LogP contribution is -2.27. The van der Waals surface area contributed by atoms with Crippen LogP contribution in [-0.4, -0.2) is 16.2 Å². The second-order valence-electron chi connectivity index (χ2n) is 5.89. The number of alkyl halides is 1. The van der Waals surface area contributed by atoms with Crippen molar-refractivity contribution in [1.82, 2.24) is 0 Å². The van der Waals surface area contributed by atoms with Gasteiger partial charge >= 0.3 is 0 Å². The van der Waals surface area contributed by atoms with E-state index in [2.05, 4.69) is 22.9 Å². The Morgan fingerprint density at radius 1 is 1.37 bits per heavy atom. The highest BCUT2D eigenvalue weighted by atomic mass is 79.9. The second-order valence-corrected chi connectivity index (χ2v) is 6.46. The summed E-state index contributed by atoms with van der Waals surface area (Å²) in [6, 6.07) is 7.19. The van der Waals surface area contributed by atoms with Gasteiger partial charge in [-0.2, -0.15) is 0 Å². The fourth-order valence-corrected chi connectivity index (χ4v) is 4.70. The average molecular weight is 321 g/mol. The van der Waals surface area contributed by atoms with Crippen LogP contribution >= 0.6 is 15.9 Å². The molecule has 1 N–H and O–H groups in total. The molecule has 100 valence electrons. The molecule has 1 aromatic rings. The van der Waals surface area contributed by atoms with E-state index >= 15 is 0 Å². The van der Waals surface area contributed by atoms with Crippen molar-refractivity contribution in [3.8, 4) is 5.75 Å². The number of ketones is 1. The van der Waals surface area contributed by atoms with Crippen molar-refractivity contribution in [2.45, 2.75) is 19.8 Å². The van der Waals surface area contributed by atoms with Crippen molar-refractivity contribution in [3.05, 3.63) is 35.9 Å². The lowest BCUT2D eigenvalue weighted by molar-refractivity contribution is -0.118. The number of hydrogen-bond donors (Lipinski definition) is 1. The molecule has 0 aliphatic heterocycles. The molecule has 2 aliphatic rings. The third kappa shape index (κ3) is 1.86. The van der Waals surface area contributed by atoms with Crippen molar-refractivity contribution >= 4 is 27.3 Å². The van der Waals surface area contributed by atoms with Crippen molar-refractivity contribution < 1.29 is 9.90 Å². The summed E-state index contributed by atoms with van der Waals surface area (Å²) in [5, 5.41) is 10.2. The summed E-state index contributed by atoms with van der Waals surface area (Å²) in [4.78, 5) is 12.3. The Labute approximate surface area is 121 Å². The van der Waals surface area contributed by atoms with Gasteiger partial charge in [0.2, 0.25) is 0 Å². The number of halogens is 1. The first-order valence-corrected chi connectivity index (χ1v) is 7.80. The number of carbonyl (C=O) groups is 1. The third-order valence-corrected chi connectivity index (χ3v) is 5.60. The molecule has 0 bridgehead atoms. The second kappa shape index (κ2) is 4.48. The number of phenolic OH excluding ortho intramolecular Hbond substituents is 1. The molecular weight excluding hydrogens is 304 g/mol. The van der Waals surface area contributed by atoms with Crippen molar-refractivity contribution in [2.24, 2.45) is 17.3 Å². The quantitative estimate of drug-likeness (QED) is 0.842. The monoisotopic (exact) mass is 320 g/mol. The molecule has 2 nitrogen and oxygen atoms in total. The molecule has 3 rings (SSSR count). The van der Waals surface area contributed by atoms with Gasteiger partial charge in [0.15, 0.2) is 5.78 Å². The van der Waals surface area contributed by atoms with Gasteiger partial charge in [0.05, 0.1) is 0 Å². The van der Waals surface area contributed by atoms with Crippen LogP contribution in [0.5, 0.6) is 5.75 Å². The van der Waals surface area contributed by atoms with Crippen LogP contribution in [0, 0.1) is 17.3 Å². The Bertz CT molecular complexity index is 546. The van der Waals surface area contributed by atoms with Crippen molar-refractivity contribution in [3.63, 3.8) is 0 Å². The van der Waals surface area contributed by atoms with Crippen LogP contribution in [-0.2, 0) is 4.79 Å². The highest BCUT2D eigenvalue weighted by Crippen LogP contribution is 2.59. The van der Waals surface area contributed by atoms with E-state index in [1.807, 2.05) is 18.2 Å². The molecule has 3 atom stereocenters. The zero-order valence-electron chi connectivity index (χ0n) is 10.9. The number of fused-ring (bicyclic) bond motifs is 1. The molecule has 19 heavy (non-hydrogen) atoms. The van der Waals surface area contributed by atoms with Crippen LogP contribution < -0.4 is 0 Å². The maximum Gasteiger partial charge on any atom is 0.160 e. The summed E-state index contributed by atoms with van der Waals surface area (Å²) in [5.41, 5.74) is 2.15. The standard InChI is InChI=1S/C16H17BrO2/c1-10-6-14-15(19)7-13(16(14,8-10)9-17)11-2-4-12(18)5-3-11/h2-5,7,10,14,18H,6,8-9H2,1H3. The number of benzene rings is 1. The molecule has 1 saturated carbocycles. The minimum Gasteiger partial charge on any atom is -0.508 e. The third-order valence-electron chi connectivity index (χ3n) is 4.60. The van der Waals surface area contributed by atoms with Crippen molar-refractivity contribution in [2.75, 3.05) is 5.33 Å². The van der Waals surface area contributed by atoms with Crippen LogP contribution in [0.2, 0.25) is 0 Å². The van der Waals surface area contributed by atoms with Gasteiger partial charge in [-0.25, -0.2) is 0 Å². The van der Waals surface area contributed by atoms with Crippen LogP contribution in [0.1, 0.15) is 25.3 Å². The minimum absolute atomic E-state index is 0.0481. The first kappa shape index (κ1) is 12.9. The Kier molecular flexibility index (Phi) is 3.05. The molecule has 0 amide bonds. The topological polar surface area (TPSA) is 37.3 Å². The Hall–Kier alpha value is -1.09. The van der Waals surface area contributed by atoms with E-state index in [0.717, 1.165) is 29.3 Å². The predicted molar refractivity (Wildman–Crippen MR) is 79.2 cm³/mol. The minimum atomic E-state index is -0.0481. The largest absolute Gasteiger partial charge is 0.508 e. The first-order chi connectivity index (χ1) is 9.06. The van der Waals surface area contributed by atoms with E-state index in [4.69, 9.17) is 0 Å². The number of carbonyl (C=O) groups excluding carboxylic acids is 1. The Morgan fingerprint density at radius 3 is 2.68 bits per heavy atom. The van der Waals surface area contributed by atoms with Crippen molar-refractivity contribution in [1.29, 1.82) is 0 Å². The van der Waals surface area contributed by atoms with Gasteiger partial charge in [0, 0.05) is 16.7 Å². The molecule has 2 aliphatic carbocycles. The number of allylic oxidation sites excluding steroid dienone is 2. The number of aromatic hydroxyl groups is 1. The van der Waals surface area contributed by atoms with Crippen LogP contribution in [0.25, 0.3) is 5.57 Å². The van der Waals surface area contributed by atoms with E-state index in [1.54, 1.807) is 12.1 Å². The van der Waals surface area contributed by atoms with E-state index in [-0.39, 0.29) is 22.9 Å². The van der Waals surface area contributed by atoms with Crippen LogP contribution in [0.4, 0.5) is 0 Å². The fourth-order valence-electron chi connectivity index (χ4n) is 3.78. The van der Waals surface area contributed by atoms with E-state index < -0.39 is 0 Å². The zero-order valence-corrected chi connectivity index (χ0v) is 12.5. The van der Waals surface area contributed by atoms with Gasteiger partial charge in [0.1, 0.15) is 5.75 Å². The average Bonchev–Trinajstić information content (AvgIpc) is 2.86. The Balaban J connectivity index is 2.07. The van der Waals surface area contributed by atoms with Gasteiger partial charge in [-0.1, -0.05) is 35.0 Å². The van der Waals surface area contributed by atoms with Gasteiger partial charge in [-0.05, 0) is 48.1 Å². The van der Waals surface area contributed by atoms with Crippen LogP contribution in [0.15, 0.2) is 30.3 Å². The summed E-state index contributed by atoms with van der Waals surface area (Å²) < 4.78 is 0. The van der Waals surface area contributed by atoms with Gasteiger partial charge in [0.25, 0.3) is 0 Å². The summed E-state index contributed by atoms with van der Waals surface area (Å²) in [6.07, 6.45) is 3.87. The maximum atomic E-state index is 12.3. The number of rotatable bonds is 2. The van der Waals surface area contributed by atoms with E-state index in [1.165, 1.54) is 0 Å².